The van der Waals surface area contributed by atoms with Crippen LogP contribution >= 0.6 is 11.3 Å². The average Bonchev–Trinajstić information content (AvgIpc) is 3.61. The lowest BCUT2D eigenvalue weighted by Crippen LogP contribution is -2.46. The number of thiazole rings is 1. The molecule has 3 aromatic carbocycles. The van der Waals surface area contributed by atoms with Crippen LogP contribution in [0.1, 0.15) is 40.8 Å². The largest absolute Gasteiger partial charge is 0.344 e. The van der Waals surface area contributed by atoms with Crippen molar-refractivity contribution in [2.24, 2.45) is 5.41 Å². The van der Waals surface area contributed by atoms with E-state index in [-0.39, 0.29) is 17.6 Å². The fourth-order valence-corrected chi connectivity index (χ4v) is 5.91. The predicted molar refractivity (Wildman–Crippen MR) is 150 cm³/mol. The Morgan fingerprint density at radius 3 is 2.44 bits per heavy atom. The molecule has 5 aromatic rings. The van der Waals surface area contributed by atoms with Crippen LogP contribution in [0.2, 0.25) is 0 Å². The summed E-state index contributed by atoms with van der Waals surface area (Å²) in [5.41, 5.74) is 4.32. The van der Waals surface area contributed by atoms with Crippen LogP contribution in [-0.2, 0) is 4.79 Å². The summed E-state index contributed by atoms with van der Waals surface area (Å²) in [5, 5.41) is 8.49. The minimum atomic E-state index is -0.895. The van der Waals surface area contributed by atoms with Gasteiger partial charge in [0.15, 0.2) is 0 Å². The van der Waals surface area contributed by atoms with E-state index in [0.29, 0.717) is 11.4 Å². The van der Waals surface area contributed by atoms with Gasteiger partial charge in [0.1, 0.15) is 11.5 Å². The number of anilines is 1. The van der Waals surface area contributed by atoms with Gasteiger partial charge in [0, 0.05) is 16.0 Å². The van der Waals surface area contributed by atoms with E-state index in [1.165, 1.54) is 23.5 Å². The molecule has 2 aromatic heterocycles. The molecular weight excluding hydrogens is 513 g/mol. The second-order valence-corrected chi connectivity index (χ2v) is 11.3. The number of nitrogens with one attached hydrogen (secondary N) is 1. The molecule has 0 bridgehead atoms. The molecule has 1 fully saturated rings. The Morgan fingerprint density at radius 2 is 1.74 bits per heavy atom. The molecule has 1 aliphatic rings. The molecule has 3 heterocycles. The highest BCUT2D eigenvalue weighted by atomic mass is 32.1. The van der Waals surface area contributed by atoms with Gasteiger partial charge in [0.25, 0.3) is 5.91 Å². The van der Waals surface area contributed by atoms with Crippen LogP contribution < -0.4 is 10.2 Å². The number of nitrogens with zero attached hydrogens (tertiary/aromatic N) is 4. The number of aromatic nitrogens is 3. The van der Waals surface area contributed by atoms with Crippen LogP contribution in [0.5, 0.6) is 0 Å². The van der Waals surface area contributed by atoms with E-state index in [2.05, 4.69) is 15.4 Å². The third-order valence-electron chi connectivity index (χ3n) is 7.43. The van der Waals surface area contributed by atoms with E-state index in [0.717, 1.165) is 27.0 Å². The molecule has 0 saturated carbocycles. The molecule has 2 amide bonds. The first-order valence-electron chi connectivity index (χ1n) is 12.6. The molecule has 7 nitrogen and oxygen atoms in total. The number of amides is 2. The fraction of sp³-hybridized carbons (Fsp3) is 0.200. The van der Waals surface area contributed by atoms with Crippen molar-refractivity contribution in [3.8, 4) is 5.69 Å². The van der Waals surface area contributed by atoms with Gasteiger partial charge < -0.3 is 10.2 Å². The maximum absolute atomic E-state index is 14.1. The minimum absolute atomic E-state index is 0.0954. The summed E-state index contributed by atoms with van der Waals surface area (Å²) in [5.74, 6) is -0.702. The van der Waals surface area contributed by atoms with Gasteiger partial charge in [-0.05, 0) is 68.8 Å². The molecule has 9 heteroatoms. The SMILES string of the molecule is Cc1scnc1C(=O)N[C@@H]1[C@@H](c2ccccc2)N(c2ccc3c(cnn3-c3ccc(F)cc3)c2)C(=O)C1(C)C. The average molecular weight is 540 g/mol. The summed E-state index contributed by atoms with van der Waals surface area (Å²) < 4.78 is 15.2. The normalized spacial score (nSPS) is 18.6. The third-order valence-corrected chi connectivity index (χ3v) is 8.19. The van der Waals surface area contributed by atoms with Gasteiger partial charge >= 0.3 is 0 Å². The molecule has 0 spiro atoms. The van der Waals surface area contributed by atoms with Gasteiger partial charge in [-0.3, -0.25) is 9.59 Å². The van der Waals surface area contributed by atoms with Crippen molar-refractivity contribution in [3.63, 3.8) is 0 Å². The lowest BCUT2D eigenvalue weighted by molar-refractivity contribution is -0.124. The van der Waals surface area contributed by atoms with Gasteiger partial charge in [-0.1, -0.05) is 30.3 Å². The van der Waals surface area contributed by atoms with Crippen LogP contribution in [0, 0.1) is 18.2 Å². The van der Waals surface area contributed by atoms with Gasteiger partial charge in [0.2, 0.25) is 5.91 Å². The summed E-state index contributed by atoms with van der Waals surface area (Å²) in [7, 11) is 0. The number of benzene rings is 3. The second-order valence-electron chi connectivity index (χ2n) is 10.2. The van der Waals surface area contributed by atoms with E-state index in [1.54, 1.807) is 33.4 Å². The topological polar surface area (TPSA) is 80.1 Å². The maximum atomic E-state index is 14.1. The van der Waals surface area contributed by atoms with Crippen LogP contribution in [0.4, 0.5) is 10.1 Å². The number of hydrogen-bond acceptors (Lipinski definition) is 5. The number of rotatable bonds is 5. The highest BCUT2D eigenvalue weighted by molar-refractivity contribution is 7.09. The monoisotopic (exact) mass is 539 g/mol. The first-order chi connectivity index (χ1) is 18.8. The highest BCUT2D eigenvalue weighted by Crippen LogP contribution is 2.47. The molecule has 0 radical (unpaired) electrons. The quantitative estimate of drug-likeness (QED) is 0.304. The Balaban J connectivity index is 1.43. The van der Waals surface area contributed by atoms with Crippen LogP contribution in [-0.4, -0.2) is 32.6 Å². The minimum Gasteiger partial charge on any atom is -0.344 e. The molecule has 0 unspecified atom stereocenters. The zero-order valence-electron chi connectivity index (χ0n) is 21.6. The highest BCUT2D eigenvalue weighted by Gasteiger charge is 2.55. The molecule has 0 aliphatic carbocycles. The van der Waals surface area contributed by atoms with Crippen LogP contribution in [0.15, 0.2) is 84.5 Å². The maximum Gasteiger partial charge on any atom is 0.271 e. The first kappa shape index (κ1) is 24.9. The Kier molecular flexibility index (Phi) is 6.03. The van der Waals surface area contributed by atoms with Crippen molar-refractivity contribution in [3.05, 3.63) is 106 Å². The molecule has 196 valence electrons. The van der Waals surface area contributed by atoms with Crippen LogP contribution in [0.3, 0.4) is 0 Å². The molecule has 1 aliphatic heterocycles. The zero-order chi connectivity index (χ0) is 27.3. The van der Waals surface area contributed by atoms with Crippen molar-refractivity contribution >= 4 is 39.7 Å². The third kappa shape index (κ3) is 4.19. The molecule has 1 N–H and O–H groups in total. The first-order valence-corrected chi connectivity index (χ1v) is 13.5. The molecular formula is C30H26FN5O2S. The molecule has 6 rings (SSSR count). The predicted octanol–water partition coefficient (Wildman–Crippen LogP) is 5.84. The molecule has 2 atom stereocenters. The number of fused-ring (bicyclic) bond motifs is 1. The fourth-order valence-electron chi connectivity index (χ4n) is 5.33. The van der Waals surface area contributed by atoms with Crippen molar-refractivity contribution in [1.82, 2.24) is 20.1 Å². The second kappa shape index (κ2) is 9.43. The summed E-state index contributed by atoms with van der Waals surface area (Å²) in [4.78, 5) is 34.2. The van der Waals surface area contributed by atoms with E-state index in [4.69, 9.17) is 0 Å². The van der Waals surface area contributed by atoms with E-state index in [9.17, 15) is 14.0 Å². The van der Waals surface area contributed by atoms with Crippen molar-refractivity contribution in [2.45, 2.75) is 32.9 Å². The van der Waals surface area contributed by atoms with E-state index in [1.807, 2.05) is 69.3 Å². The van der Waals surface area contributed by atoms with Gasteiger partial charge in [-0.2, -0.15) is 5.10 Å². The lowest BCUT2D eigenvalue weighted by Gasteiger charge is -2.30. The number of carbonyl (C=O) groups is 2. The Hall–Kier alpha value is -4.37. The zero-order valence-corrected chi connectivity index (χ0v) is 22.4. The number of aryl methyl sites for hydroxylation is 1. The van der Waals surface area contributed by atoms with E-state index < -0.39 is 17.5 Å². The number of hydrogen-bond donors (Lipinski definition) is 1. The summed E-state index contributed by atoms with van der Waals surface area (Å²) in [6.45, 7) is 5.60. The molecule has 39 heavy (non-hydrogen) atoms. The standard InChI is InChI=1S/C30H26FN5O2S/c1-18-25(32-17-39-18)28(37)34-27-26(19-7-5-4-6-8-19)35(29(38)30(27,2)3)23-13-14-24-20(15-23)16-33-36(24)22-11-9-21(31)10-12-22/h4-17,26-27H,1-3H3,(H,34,37)/t26-,27-/m1/s1. The van der Waals surface area contributed by atoms with Crippen molar-refractivity contribution in [2.75, 3.05) is 4.90 Å². The number of carbonyl (C=O) groups excluding carboxylic acids is 2. The van der Waals surface area contributed by atoms with Crippen molar-refractivity contribution in [1.29, 1.82) is 0 Å². The summed E-state index contributed by atoms with van der Waals surface area (Å²) in [6, 6.07) is 20.7. The lowest BCUT2D eigenvalue weighted by atomic mass is 9.82. The van der Waals surface area contributed by atoms with E-state index >= 15 is 0 Å². The Bertz CT molecular complexity index is 1690. The number of halogens is 1. The molecule has 1 saturated heterocycles. The van der Waals surface area contributed by atoms with Crippen molar-refractivity contribution < 1.29 is 14.0 Å². The van der Waals surface area contributed by atoms with Gasteiger partial charge in [-0.25, -0.2) is 14.1 Å². The Labute approximate surface area is 228 Å². The summed E-state index contributed by atoms with van der Waals surface area (Å²) >= 11 is 1.41. The van der Waals surface area contributed by atoms with Crippen LogP contribution in [0.25, 0.3) is 16.6 Å². The van der Waals surface area contributed by atoms with Gasteiger partial charge in [-0.15, -0.1) is 11.3 Å². The smallest absolute Gasteiger partial charge is 0.271 e. The van der Waals surface area contributed by atoms with Gasteiger partial charge in [0.05, 0.1) is 40.4 Å². The summed E-state index contributed by atoms with van der Waals surface area (Å²) in [6.07, 6.45) is 1.73. The Morgan fingerprint density at radius 1 is 1.03 bits per heavy atom.